The molecule has 0 bridgehead atoms. The number of halogens is 2. The average Bonchev–Trinajstić information content (AvgIpc) is 3.39. The highest BCUT2D eigenvalue weighted by atomic mass is 79.9. The van der Waals surface area contributed by atoms with Crippen molar-refractivity contribution in [3.05, 3.63) is 52.7 Å². The van der Waals surface area contributed by atoms with Crippen LogP contribution in [0.3, 0.4) is 0 Å². The largest absolute Gasteiger partial charge is 0.309 e. The molecule has 0 radical (unpaired) electrons. The van der Waals surface area contributed by atoms with Gasteiger partial charge in [0, 0.05) is 13.6 Å². The zero-order valence-corrected chi connectivity index (χ0v) is 20.2. The van der Waals surface area contributed by atoms with Gasteiger partial charge in [-0.15, -0.1) is 22.7 Å². The second kappa shape index (κ2) is 7.89. The van der Waals surface area contributed by atoms with E-state index < -0.39 is 0 Å². The minimum absolute atomic E-state index is 0.0668. The molecule has 146 valence electrons. The van der Waals surface area contributed by atoms with Crippen molar-refractivity contribution in [1.82, 2.24) is 9.80 Å². The number of likely N-dealkylation sites (N-methyl/N-ethyl adjacent to an activating group) is 1. The minimum Gasteiger partial charge on any atom is -0.309 e. The number of thiophene rings is 2. The van der Waals surface area contributed by atoms with Crippen molar-refractivity contribution in [2.45, 2.75) is 26.2 Å². The monoisotopic (exact) mass is 540 g/mol. The van der Waals surface area contributed by atoms with E-state index in [2.05, 4.69) is 38.8 Å². The van der Waals surface area contributed by atoms with Gasteiger partial charge in [-0.3, -0.25) is 9.59 Å². The van der Waals surface area contributed by atoms with Gasteiger partial charge in [0.25, 0.3) is 11.8 Å². The molecule has 0 unspecified atom stereocenters. The van der Waals surface area contributed by atoms with Crippen LogP contribution < -0.4 is 0 Å². The number of nitrogens with zero attached hydrogens (tertiary/aromatic N) is 2. The first-order chi connectivity index (χ1) is 13.4. The molecule has 8 heteroatoms. The standard InChI is InChI=1S/C20H18Br2N2O2S2/c1-3-4-5-10-24-18(12-7-9-14(22)28-12)16-15(20(24)26)17(23(2)19(16)25)11-6-8-13(21)27-11/h6-9H,3-5,10H2,1-2H3. The lowest BCUT2D eigenvalue weighted by Gasteiger charge is -2.22. The Morgan fingerprint density at radius 3 is 1.96 bits per heavy atom. The highest BCUT2D eigenvalue weighted by Crippen LogP contribution is 2.48. The van der Waals surface area contributed by atoms with E-state index in [9.17, 15) is 9.59 Å². The number of fused-ring (bicyclic) bond motifs is 1. The molecule has 0 atom stereocenters. The van der Waals surface area contributed by atoms with E-state index in [0.717, 1.165) is 42.3 Å². The molecular weight excluding hydrogens is 524 g/mol. The maximum atomic E-state index is 13.5. The van der Waals surface area contributed by atoms with Crippen molar-refractivity contribution in [2.75, 3.05) is 13.6 Å². The molecule has 4 nitrogen and oxygen atoms in total. The molecule has 2 aromatic heterocycles. The molecule has 0 saturated heterocycles. The predicted molar refractivity (Wildman–Crippen MR) is 122 cm³/mol. The first kappa shape index (κ1) is 20.1. The fraction of sp³-hybridized carbons (Fsp3) is 0.300. The molecule has 2 aliphatic heterocycles. The summed E-state index contributed by atoms with van der Waals surface area (Å²) in [4.78, 5) is 32.0. The van der Waals surface area contributed by atoms with Gasteiger partial charge in [0.1, 0.15) is 0 Å². The first-order valence-corrected chi connectivity index (χ1v) is 12.3. The van der Waals surface area contributed by atoms with Crippen molar-refractivity contribution < 1.29 is 9.59 Å². The Kier molecular flexibility index (Phi) is 5.66. The number of carbonyl (C=O) groups is 2. The molecule has 0 fully saturated rings. The SMILES string of the molecule is CCCCCN1C(=O)C2=C(c3ccc(Br)s3)N(C)C(=O)C2=C1c1ccc(Br)s1. The number of unbranched alkanes of at least 4 members (excludes halogenated alkanes) is 2. The Morgan fingerprint density at radius 1 is 0.857 bits per heavy atom. The van der Waals surface area contributed by atoms with Gasteiger partial charge in [0.15, 0.2) is 0 Å². The number of carbonyl (C=O) groups excluding carboxylic acids is 2. The number of amides is 2. The summed E-state index contributed by atoms with van der Waals surface area (Å²) in [5.74, 6) is -0.178. The molecule has 0 spiro atoms. The molecule has 4 heterocycles. The van der Waals surface area contributed by atoms with Crippen LogP contribution in [0.2, 0.25) is 0 Å². The lowest BCUT2D eigenvalue weighted by molar-refractivity contribution is -0.123. The van der Waals surface area contributed by atoms with Crippen LogP contribution in [0.25, 0.3) is 11.4 Å². The predicted octanol–water partition coefficient (Wildman–Crippen LogP) is 5.96. The quantitative estimate of drug-likeness (QED) is 0.423. The topological polar surface area (TPSA) is 40.6 Å². The molecule has 4 rings (SSSR count). The van der Waals surface area contributed by atoms with Crippen LogP contribution in [0.1, 0.15) is 35.9 Å². The summed E-state index contributed by atoms with van der Waals surface area (Å²) in [5, 5.41) is 0. The zero-order chi connectivity index (χ0) is 20.0. The maximum Gasteiger partial charge on any atom is 0.261 e. The van der Waals surface area contributed by atoms with Gasteiger partial charge in [-0.25, -0.2) is 0 Å². The molecule has 0 aromatic carbocycles. The maximum absolute atomic E-state index is 13.5. The van der Waals surface area contributed by atoms with E-state index in [-0.39, 0.29) is 11.8 Å². The summed E-state index contributed by atoms with van der Waals surface area (Å²) in [6.45, 7) is 2.77. The minimum atomic E-state index is -0.111. The summed E-state index contributed by atoms with van der Waals surface area (Å²) in [6.07, 6.45) is 3.05. The first-order valence-electron chi connectivity index (χ1n) is 9.04. The van der Waals surface area contributed by atoms with E-state index in [0.29, 0.717) is 23.4 Å². The Morgan fingerprint density at radius 2 is 1.43 bits per heavy atom. The Bertz CT molecular complexity index is 1030. The average molecular weight is 542 g/mol. The number of hydrogen-bond acceptors (Lipinski definition) is 4. The lowest BCUT2D eigenvalue weighted by Crippen LogP contribution is -2.28. The summed E-state index contributed by atoms with van der Waals surface area (Å²) in [5.41, 5.74) is 2.55. The molecule has 28 heavy (non-hydrogen) atoms. The van der Waals surface area contributed by atoms with Crippen LogP contribution in [0, 0.1) is 0 Å². The summed E-state index contributed by atoms with van der Waals surface area (Å²) in [7, 11) is 1.75. The van der Waals surface area contributed by atoms with E-state index in [1.165, 1.54) is 11.3 Å². The van der Waals surface area contributed by atoms with Crippen LogP contribution in [0.4, 0.5) is 0 Å². The third-order valence-corrected chi connectivity index (χ3v) is 8.17. The van der Waals surface area contributed by atoms with Gasteiger partial charge in [-0.1, -0.05) is 19.8 Å². The summed E-state index contributed by atoms with van der Waals surface area (Å²) in [6, 6.07) is 7.85. The molecule has 2 aromatic rings. The van der Waals surface area contributed by atoms with Gasteiger partial charge < -0.3 is 9.80 Å². The molecule has 0 aliphatic carbocycles. The number of hydrogen-bond donors (Lipinski definition) is 0. The molecular formula is C20H18Br2N2O2S2. The van der Waals surface area contributed by atoms with E-state index in [1.807, 2.05) is 29.2 Å². The van der Waals surface area contributed by atoms with Crippen LogP contribution in [0.5, 0.6) is 0 Å². The Balaban J connectivity index is 1.90. The van der Waals surface area contributed by atoms with Crippen LogP contribution in [0.15, 0.2) is 43.0 Å². The summed E-state index contributed by atoms with van der Waals surface area (Å²) < 4.78 is 1.96. The van der Waals surface area contributed by atoms with E-state index in [4.69, 9.17) is 0 Å². The second-order valence-electron chi connectivity index (χ2n) is 6.68. The molecule has 0 N–H and O–H groups in total. The lowest BCUT2D eigenvalue weighted by atomic mass is 10.1. The third-order valence-electron chi connectivity index (χ3n) is 4.90. The van der Waals surface area contributed by atoms with Crippen LogP contribution in [-0.2, 0) is 9.59 Å². The van der Waals surface area contributed by atoms with Crippen molar-refractivity contribution in [1.29, 1.82) is 0 Å². The van der Waals surface area contributed by atoms with Crippen molar-refractivity contribution in [3.8, 4) is 0 Å². The van der Waals surface area contributed by atoms with Crippen LogP contribution in [-0.4, -0.2) is 35.2 Å². The zero-order valence-electron chi connectivity index (χ0n) is 15.4. The van der Waals surface area contributed by atoms with E-state index >= 15 is 0 Å². The van der Waals surface area contributed by atoms with Gasteiger partial charge in [0.05, 0.1) is 39.9 Å². The fourth-order valence-electron chi connectivity index (χ4n) is 3.62. The summed E-state index contributed by atoms with van der Waals surface area (Å²) >= 11 is 10.1. The van der Waals surface area contributed by atoms with Crippen molar-refractivity contribution in [3.63, 3.8) is 0 Å². The molecule has 2 amide bonds. The van der Waals surface area contributed by atoms with Gasteiger partial charge >= 0.3 is 0 Å². The fourth-order valence-corrected chi connectivity index (χ4v) is 6.54. The second-order valence-corrected chi connectivity index (χ2v) is 11.6. The van der Waals surface area contributed by atoms with Crippen LogP contribution >= 0.6 is 54.5 Å². The third kappa shape index (κ3) is 3.24. The van der Waals surface area contributed by atoms with Crippen molar-refractivity contribution in [2.24, 2.45) is 0 Å². The van der Waals surface area contributed by atoms with Gasteiger partial charge in [-0.05, 0) is 62.5 Å². The van der Waals surface area contributed by atoms with Gasteiger partial charge in [0.2, 0.25) is 0 Å². The Hall–Kier alpha value is -1.22. The van der Waals surface area contributed by atoms with Crippen molar-refractivity contribution >= 4 is 77.7 Å². The van der Waals surface area contributed by atoms with Gasteiger partial charge in [-0.2, -0.15) is 0 Å². The molecule has 0 saturated carbocycles. The highest BCUT2D eigenvalue weighted by molar-refractivity contribution is 9.11. The molecule has 2 aliphatic rings. The Labute approximate surface area is 188 Å². The smallest absolute Gasteiger partial charge is 0.261 e. The number of rotatable bonds is 6. The normalized spacial score (nSPS) is 16.9. The highest BCUT2D eigenvalue weighted by Gasteiger charge is 2.48. The van der Waals surface area contributed by atoms with E-state index in [1.54, 1.807) is 23.3 Å².